The molecule has 0 bridgehead atoms. The second-order valence-corrected chi connectivity index (χ2v) is 23.7. The zero-order chi connectivity index (χ0) is 18.7. The second kappa shape index (κ2) is 7.85. The standard InChI is InChI=1S/C18H44O2Si3/c1-13-16-22(9,10)19-18(5,15-3)23(11,12)20-17(4,14-2)21(6,7)8/h13-16H2,1-12H3. The molecule has 0 saturated carbocycles. The first-order valence-electron chi connectivity index (χ1n) is 9.50. The van der Waals surface area contributed by atoms with Gasteiger partial charge in [0, 0.05) is 5.22 Å². The summed E-state index contributed by atoms with van der Waals surface area (Å²) in [5, 5.41) is -0.0764. The molecule has 0 spiro atoms. The summed E-state index contributed by atoms with van der Waals surface area (Å²) in [6, 6.07) is 1.23. The van der Waals surface area contributed by atoms with Crippen LogP contribution in [0.2, 0.25) is 51.9 Å². The van der Waals surface area contributed by atoms with E-state index in [0.717, 1.165) is 12.8 Å². The molecule has 0 aliphatic heterocycles. The third-order valence-corrected chi connectivity index (χ3v) is 16.8. The molecular formula is C18H44O2Si3. The van der Waals surface area contributed by atoms with Crippen LogP contribution in [0.5, 0.6) is 0 Å². The Morgan fingerprint density at radius 3 is 1.43 bits per heavy atom. The van der Waals surface area contributed by atoms with Gasteiger partial charge in [-0.25, -0.2) is 0 Å². The van der Waals surface area contributed by atoms with E-state index < -0.39 is 24.7 Å². The van der Waals surface area contributed by atoms with Crippen molar-refractivity contribution in [3.63, 3.8) is 0 Å². The van der Waals surface area contributed by atoms with Gasteiger partial charge in [0.15, 0.2) is 8.32 Å². The van der Waals surface area contributed by atoms with Crippen LogP contribution >= 0.6 is 0 Å². The van der Waals surface area contributed by atoms with Crippen molar-refractivity contribution in [3.8, 4) is 0 Å². The van der Waals surface area contributed by atoms with E-state index >= 15 is 0 Å². The molecule has 0 heterocycles. The largest absolute Gasteiger partial charge is 0.412 e. The van der Waals surface area contributed by atoms with Gasteiger partial charge >= 0.3 is 0 Å². The first-order chi connectivity index (χ1) is 10.1. The van der Waals surface area contributed by atoms with E-state index in [1.54, 1.807) is 0 Å². The molecule has 0 aliphatic rings. The molecule has 0 fully saturated rings. The van der Waals surface area contributed by atoms with Gasteiger partial charge in [-0.3, -0.25) is 0 Å². The first-order valence-corrected chi connectivity index (χ1v) is 19.0. The normalized spacial score (nSPS) is 19.3. The highest BCUT2D eigenvalue weighted by atomic mass is 28.4. The monoisotopic (exact) mass is 376 g/mol. The van der Waals surface area contributed by atoms with Crippen LogP contribution in [-0.4, -0.2) is 35.2 Å². The van der Waals surface area contributed by atoms with Crippen molar-refractivity contribution in [2.24, 2.45) is 0 Å². The van der Waals surface area contributed by atoms with Gasteiger partial charge < -0.3 is 8.85 Å². The molecule has 0 aromatic heterocycles. The van der Waals surface area contributed by atoms with E-state index in [0.29, 0.717) is 0 Å². The minimum atomic E-state index is -2.01. The Labute approximate surface area is 150 Å². The van der Waals surface area contributed by atoms with Gasteiger partial charge in [0.05, 0.1) is 13.3 Å². The van der Waals surface area contributed by atoms with Crippen LogP contribution in [0.15, 0.2) is 0 Å². The average Bonchev–Trinajstić information content (AvgIpc) is 2.35. The van der Waals surface area contributed by atoms with E-state index in [1.165, 1.54) is 12.5 Å². The van der Waals surface area contributed by atoms with Crippen LogP contribution in [0.4, 0.5) is 0 Å². The first kappa shape index (κ1) is 23.6. The predicted octanol–water partition coefficient (Wildman–Crippen LogP) is 6.59. The minimum absolute atomic E-state index is 0.0268. The van der Waals surface area contributed by atoms with Crippen molar-refractivity contribution in [3.05, 3.63) is 0 Å². The number of rotatable bonds is 10. The molecule has 2 unspecified atom stereocenters. The van der Waals surface area contributed by atoms with Crippen LogP contribution in [0.3, 0.4) is 0 Å². The van der Waals surface area contributed by atoms with Gasteiger partial charge in [0.2, 0.25) is 8.32 Å². The van der Waals surface area contributed by atoms with Gasteiger partial charge in [0.25, 0.3) is 0 Å². The van der Waals surface area contributed by atoms with Crippen molar-refractivity contribution in [2.45, 2.75) is 116 Å². The Morgan fingerprint density at radius 1 is 0.696 bits per heavy atom. The zero-order valence-electron chi connectivity index (χ0n) is 18.1. The van der Waals surface area contributed by atoms with Crippen LogP contribution in [0.25, 0.3) is 0 Å². The molecule has 5 heteroatoms. The van der Waals surface area contributed by atoms with E-state index in [2.05, 4.69) is 80.4 Å². The van der Waals surface area contributed by atoms with E-state index in [4.69, 9.17) is 8.85 Å². The summed E-state index contributed by atoms with van der Waals surface area (Å²) in [4.78, 5) is 0. The van der Waals surface area contributed by atoms with Crippen molar-refractivity contribution < 1.29 is 8.85 Å². The summed E-state index contributed by atoms with van der Waals surface area (Å²) in [6.07, 6.45) is 3.34. The molecule has 0 rings (SSSR count). The van der Waals surface area contributed by atoms with Gasteiger partial charge in [-0.1, -0.05) is 46.8 Å². The minimum Gasteiger partial charge on any atom is -0.412 e. The van der Waals surface area contributed by atoms with Gasteiger partial charge in [-0.15, -0.1) is 0 Å². The summed E-state index contributed by atoms with van der Waals surface area (Å²) in [7, 11) is -5.07. The summed E-state index contributed by atoms with van der Waals surface area (Å²) in [6.45, 7) is 28.3. The van der Waals surface area contributed by atoms with E-state index in [9.17, 15) is 0 Å². The van der Waals surface area contributed by atoms with Crippen molar-refractivity contribution in [1.82, 2.24) is 0 Å². The molecule has 0 aromatic rings. The Hall–Kier alpha value is 0.571. The smallest absolute Gasteiger partial charge is 0.216 e. The lowest BCUT2D eigenvalue weighted by Gasteiger charge is -2.52. The fourth-order valence-corrected chi connectivity index (χ4v) is 13.2. The molecule has 0 N–H and O–H groups in total. The molecule has 23 heavy (non-hydrogen) atoms. The third kappa shape index (κ3) is 5.80. The molecule has 2 atom stereocenters. The molecule has 2 nitrogen and oxygen atoms in total. The summed E-state index contributed by atoms with van der Waals surface area (Å²) in [5.74, 6) is 0. The number of hydrogen-bond donors (Lipinski definition) is 0. The van der Waals surface area contributed by atoms with Crippen molar-refractivity contribution in [1.29, 1.82) is 0 Å². The predicted molar refractivity (Wildman–Crippen MR) is 113 cm³/mol. The maximum atomic E-state index is 7.02. The van der Waals surface area contributed by atoms with Crippen LogP contribution in [0, 0.1) is 0 Å². The molecule has 0 aliphatic carbocycles. The maximum Gasteiger partial charge on any atom is 0.216 e. The quantitative estimate of drug-likeness (QED) is 0.400. The lowest BCUT2D eigenvalue weighted by atomic mass is 10.3. The molecule has 0 saturated heterocycles. The van der Waals surface area contributed by atoms with Crippen LogP contribution in [0.1, 0.15) is 53.9 Å². The topological polar surface area (TPSA) is 18.5 Å². The average molecular weight is 377 g/mol. The van der Waals surface area contributed by atoms with Crippen LogP contribution in [-0.2, 0) is 8.85 Å². The van der Waals surface area contributed by atoms with Gasteiger partial charge in [0.1, 0.15) is 0 Å². The Kier molecular flexibility index (Phi) is 8.05. The Morgan fingerprint density at radius 2 is 1.13 bits per heavy atom. The van der Waals surface area contributed by atoms with Crippen molar-refractivity contribution >= 4 is 24.7 Å². The summed E-state index contributed by atoms with van der Waals surface area (Å²) in [5.41, 5.74) is 0. The molecule has 0 radical (unpaired) electrons. The second-order valence-electron chi connectivity index (χ2n) is 9.64. The highest BCUT2D eigenvalue weighted by Gasteiger charge is 2.52. The van der Waals surface area contributed by atoms with E-state index in [-0.39, 0.29) is 10.4 Å². The fourth-order valence-electron chi connectivity index (χ4n) is 3.31. The van der Waals surface area contributed by atoms with Gasteiger partial charge in [-0.05, 0) is 58.9 Å². The van der Waals surface area contributed by atoms with E-state index in [1.807, 2.05) is 0 Å². The summed E-state index contributed by atoms with van der Waals surface area (Å²) < 4.78 is 13.9. The number of hydrogen-bond acceptors (Lipinski definition) is 2. The Bertz CT molecular complexity index is 377. The van der Waals surface area contributed by atoms with Crippen molar-refractivity contribution in [2.75, 3.05) is 0 Å². The lowest BCUT2D eigenvalue weighted by molar-refractivity contribution is 0.0756. The summed E-state index contributed by atoms with van der Waals surface area (Å²) >= 11 is 0. The molecular weight excluding hydrogens is 332 g/mol. The molecule has 0 amide bonds. The Balaban J connectivity index is 5.57. The lowest BCUT2D eigenvalue weighted by Crippen LogP contribution is -2.66. The fraction of sp³-hybridized carbons (Fsp3) is 1.00. The highest BCUT2D eigenvalue weighted by molar-refractivity contribution is 6.82. The third-order valence-electron chi connectivity index (χ3n) is 6.04. The molecule has 140 valence electrons. The highest BCUT2D eigenvalue weighted by Crippen LogP contribution is 2.39. The van der Waals surface area contributed by atoms with Gasteiger partial charge in [-0.2, -0.15) is 0 Å². The SMILES string of the molecule is CCC[Si](C)(C)OC(C)(CC)[Si](C)(C)OC(C)(CC)[Si](C)(C)C. The van der Waals surface area contributed by atoms with Crippen LogP contribution < -0.4 is 0 Å². The maximum absolute atomic E-state index is 7.02. The zero-order valence-corrected chi connectivity index (χ0v) is 21.1. The molecule has 0 aromatic carbocycles.